The normalized spacial score (nSPS) is 14.7. The van der Waals surface area contributed by atoms with Crippen molar-refractivity contribution in [2.45, 2.75) is 20.4 Å². The third-order valence-corrected chi connectivity index (χ3v) is 6.02. The SMILES string of the molecule is Cc1ccc(OCCOc2ccc(/C=C3\SC(=O)N(Cc4cccc(C)c4)C3=O)cc2)cc1. The van der Waals surface area contributed by atoms with Crippen LogP contribution < -0.4 is 9.47 Å². The van der Waals surface area contributed by atoms with E-state index in [0.29, 0.717) is 23.9 Å². The van der Waals surface area contributed by atoms with Crippen molar-refractivity contribution >= 4 is 29.0 Å². The molecule has 6 heteroatoms. The lowest BCUT2D eigenvalue weighted by Crippen LogP contribution is -2.27. The molecule has 0 aromatic heterocycles. The lowest BCUT2D eigenvalue weighted by Gasteiger charge is -2.12. The molecule has 0 N–H and O–H groups in total. The Kier molecular flexibility index (Phi) is 7.15. The summed E-state index contributed by atoms with van der Waals surface area (Å²) < 4.78 is 11.4. The van der Waals surface area contributed by atoms with E-state index in [2.05, 4.69) is 0 Å². The molecule has 5 nitrogen and oxygen atoms in total. The summed E-state index contributed by atoms with van der Waals surface area (Å²) in [6, 6.07) is 23.1. The van der Waals surface area contributed by atoms with Crippen LogP contribution >= 0.6 is 11.8 Å². The van der Waals surface area contributed by atoms with Gasteiger partial charge in [0.2, 0.25) is 0 Å². The lowest BCUT2D eigenvalue weighted by molar-refractivity contribution is -0.123. The van der Waals surface area contributed by atoms with Crippen LogP contribution in [-0.2, 0) is 11.3 Å². The van der Waals surface area contributed by atoms with Crippen LogP contribution in [0.3, 0.4) is 0 Å². The number of amides is 2. The third-order valence-electron chi connectivity index (χ3n) is 5.12. The van der Waals surface area contributed by atoms with Gasteiger partial charge in [0.05, 0.1) is 11.4 Å². The fourth-order valence-corrected chi connectivity index (χ4v) is 4.23. The van der Waals surface area contributed by atoms with Crippen LogP contribution in [0, 0.1) is 13.8 Å². The number of ether oxygens (including phenoxy) is 2. The van der Waals surface area contributed by atoms with Gasteiger partial charge in [0.25, 0.3) is 11.1 Å². The Morgan fingerprint density at radius 2 is 1.45 bits per heavy atom. The van der Waals surface area contributed by atoms with Gasteiger partial charge in [0, 0.05) is 0 Å². The predicted octanol–water partition coefficient (Wildman–Crippen LogP) is 6.00. The molecular formula is C27H25NO4S. The summed E-state index contributed by atoms with van der Waals surface area (Å²) in [6.07, 6.45) is 1.74. The van der Waals surface area contributed by atoms with Gasteiger partial charge >= 0.3 is 0 Å². The topological polar surface area (TPSA) is 55.8 Å². The summed E-state index contributed by atoms with van der Waals surface area (Å²) in [7, 11) is 0. The summed E-state index contributed by atoms with van der Waals surface area (Å²) >= 11 is 0.971. The number of carbonyl (C=O) groups is 2. The molecule has 4 rings (SSSR count). The quantitative estimate of drug-likeness (QED) is 0.306. The zero-order chi connectivity index (χ0) is 23.2. The summed E-state index contributed by atoms with van der Waals surface area (Å²) in [5.41, 5.74) is 4.06. The summed E-state index contributed by atoms with van der Waals surface area (Å²) in [5.74, 6) is 1.27. The van der Waals surface area contributed by atoms with Gasteiger partial charge in [-0.25, -0.2) is 0 Å². The minimum atomic E-state index is -0.264. The number of hydrogen-bond acceptors (Lipinski definition) is 5. The highest BCUT2D eigenvalue weighted by Gasteiger charge is 2.34. The molecule has 1 saturated heterocycles. The van der Waals surface area contributed by atoms with Crippen molar-refractivity contribution in [2.24, 2.45) is 0 Å². The molecule has 1 aliphatic rings. The number of hydrogen-bond donors (Lipinski definition) is 0. The highest BCUT2D eigenvalue weighted by molar-refractivity contribution is 8.18. The van der Waals surface area contributed by atoms with Crippen molar-refractivity contribution in [3.8, 4) is 11.5 Å². The summed E-state index contributed by atoms with van der Waals surface area (Å²) in [5, 5.41) is -0.249. The van der Waals surface area contributed by atoms with Gasteiger partial charge < -0.3 is 9.47 Å². The molecule has 1 heterocycles. The number of imide groups is 1. The number of thioether (sulfide) groups is 1. The molecule has 168 valence electrons. The van der Waals surface area contributed by atoms with Crippen LogP contribution in [-0.4, -0.2) is 29.3 Å². The maximum Gasteiger partial charge on any atom is 0.293 e. The minimum absolute atomic E-state index is 0.249. The minimum Gasteiger partial charge on any atom is -0.490 e. The van der Waals surface area contributed by atoms with Gasteiger partial charge in [-0.05, 0) is 67.1 Å². The predicted molar refractivity (Wildman–Crippen MR) is 131 cm³/mol. The number of nitrogens with zero attached hydrogens (tertiary/aromatic N) is 1. The molecule has 2 amide bonds. The molecule has 0 atom stereocenters. The largest absolute Gasteiger partial charge is 0.490 e. The van der Waals surface area contributed by atoms with Crippen LogP contribution in [0.2, 0.25) is 0 Å². The maximum absolute atomic E-state index is 12.8. The Balaban J connectivity index is 1.31. The zero-order valence-corrected chi connectivity index (χ0v) is 19.4. The number of carbonyl (C=O) groups excluding carboxylic acids is 2. The van der Waals surface area contributed by atoms with Crippen LogP contribution in [0.1, 0.15) is 22.3 Å². The van der Waals surface area contributed by atoms with Crippen molar-refractivity contribution in [3.05, 3.63) is 100.0 Å². The van der Waals surface area contributed by atoms with Crippen molar-refractivity contribution in [1.82, 2.24) is 4.90 Å². The molecule has 0 spiro atoms. The number of aryl methyl sites for hydroxylation is 2. The van der Waals surface area contributed by atoms with E-state index >= 15 is 0 Å². The Bertz CT molecular complexity index is 1170. The van der Waals surface area contributed by atoms with Gasteiger partial charge in [-0.2, -0.15) is 0 Å². The lowest BCUT2D eigenvalue weighted by atomic mass is 10.1. The van der Waals surface area contributed by atoms with Crippen molar-refractivity contribution < 1.29 is 19.1 Å². The van der Waals surface area contributed by atoms with E-state index in [9.17, 15) is 9.59 Å². The molecule has 0 bridgehead atoms. The Morgan fingerprint density at radius 3 is 2.09 bits per heavy atom. The number of rotatable bonds is 8. The zero-order valence-electron chi connectivity index (χ0n) is 18.6. The standard InChI is InChI=1S/C27H25NO4S/c1-19-6-10-23(11-7-19)31-14-15-32-24-12-8-21(9-13-24)17-25-26(29)28(27(30)33-25)18-22-5-3-4-20(2)16-22/h3-13,16-17H,14-15,18H2,1-2H3/b25-17-. The fraction of sp³-hybridized carbons (Fsp3) is 0.185. The first-order valence-corrected chi connectivity index (χ1v) is 11.5. The van der Waals surface area contributed by atoms with E-state index in [0.717, 1.165) is 34.2 Å². The average Bonchev–Trinajstić information content (AvgIpc) is 3.06. The van der Waals surface area contributed by atoms with E-state index in [1.165, 1.54) is 10.5 Å². The molecular weight excluding hydrogens is 434 g/mol. The Labute approximate surface area is 198 Å². The van der Waals surface area contributed by atoms with Gasteiger partial charge in [-0.1, -0.05) is 59.7 Å². The van der Waals surface area contributed by atoms with Gasteiger partial charge in [-0.3, -0.25) is 14.5 Å². The van der Waals surface area contributed by atoms with Crippen LogP contribution in [0.5, 0.6) is 11.5 Å². The second-order valence-electron chi connectivity index (χ2n) is 7.84. The smallest absolute Gasteiger partial charge is 0.293 e. The highest BCUT2D eigenvalue weighted by Crippen LogP contribution is 2.33. The van der Waals surface area contributed by atoms with Crippen LogP contribution in [0.15, 0.2) is 77.7 Å². The molecule has 0 saturated carbocycles. The Hall–Kier alpha value is -3.51. The molecule has 0 radical (unpaired) electrons. The van der Waals surface area contributed by atoms with Crippen LogP contribution in [0.25, 0.3) is 6.08 Å². The fourth-order valence-electron chi connectivity index (χ4n) is 3.39. The molecule has 3 aromatic rings. The monoisotopic (exact) mass is 459 g/mol. The second kappa shape index (κ2) is 10.4. The highest BCUT2D eigenvalue weighted by atomic mass is 32.2. The van der Waals surface area contributed by atoms with Crippen molar-refractivity contribution in [2.75, 3.05) is 13.2 Å². The molecule has 3 aromatic carbocycles. The third kappa shape index (κ3) is 6.05. The average molecular weight is 460 g/mol. The van der Waals surface area contributed by atoms with Gasteiger partial charge in [-0.15, -0.1) is 0 Å². The molecule has 0 aliphatic carbocycles. The van der Waals surface area contributed by atoms with E-state index < -0.39 is 0 Å². The molecule has 1 aliphatic heterocycles. The maximum atomic E-state index is 12.8. The summed E-state index contributed by atoms with van der Waals surface area (Å²) in [4.78, 5) is 26.9. The molecule has 1 fully saturated rings. The first-order valence-electron chi connectivity index (χ1n) is 10.7. The molecule has 0 unspecified atom stereocenters. The van der Waals surface area contributed by atoms with E-state index in [1.807, 2.05) is 86.6 Å². The van der Waals surface area contributed by atoms with E-state index in [1.54, 1.807) is 6.08 Å². The summed E-state index contributed by atoms with van der Waals surface area (Å²) in [6.45, 7) is 5.17. The van der Waals surface area contributed by atoms with Crippen LogP contribution in [0.4, 0.5) is 4.79 Å². The second-order valence-corrected chi connectivity index (χ2v) is 8.83. The van der Waals surface area contributed by atoms with E-state index in [-0.39, 0.29) is 17.7 Å². The first kappa shape index (κ1) is 22.7. The van der Waals surface area contributed by atoms with Gasteiger partial charge in [0.15, 0.2) is 0 Å². The Morgan fingerprint density at radius 1 is 0.818 bits per heavy atom. The van der Waals surface area contributed by atoms with Crippen molar-refractivity contribution in [3.63, 3.8) is 0 Å². The first-order chi connectivity index (χ1) is 16.0. The van der Waals surface area contributed by atoms with Gasteiger partial charge in [0.1, 0.15) is 24.7 Å². The van der Waals surface area contributed by atoms with E-state index in [4.69, 9.17) is 9.47 Å². The van der Waals surface area contributed by atoms with Crippen molar-refractivity contribution in [1.29, 1.82) is 0 Å². The number of benzene rings is 3. The molecule has 33 heavy (non-hydrogen) atoms.